The van der Waals surface area contributed by atoms with E-state index in [1.807, 2.05) is 48.0 Å². The average Bonchev–Trinajstić information content (AvgIpc) is 1.07. The molecule has 7 aliphatic rings. The fourth-order valence-electron chi connectivity index (χ4n) is 14.2. The number of aliphatic hydroxyl groups excluding tert-OH is 3. The normalized spacial score (nSPS) is 23.6. The van der Waals surface area contributed by atoms with Crippen LogP contribution in [-0.2, 0) is 51.3 Å². The van der Waals surface area contributed by atoms with E-state index in [2.05, 4.69) is 44.7 Å². The van der Waals surface area contributed by atoms with Crippen LogP contribution in [0.25, 0.3) is 43.6 Å². The third kappa shape index (κ3) is 12.5. The monoisotopic (exact) mass is 1290 g/mol. The van der Waals surface area contributed by atoms with Crippen LogP contribution in [0.15, 0.2) is 109 Å². The first-order valence-corrected chi connectivity index (χ1v) is 30.8. The van der Waals surface area contributed by atoms with Gasteiger partial charge in [0.25, 0.3) is 17.7 Å². The van der Waals surface area contributed by atoms with Gasteiger partial charge < -0.3 is 65.0 Å². The summed E-state index contributed by atoms with van der Waals surface area (Å²) in [6, 6.07) is 22.4. The number of carbonyl (C=O) groups excluding carboxylic acids is 6. The van der Waals surface area contributed by atoms with Crippen molar-refractivity contribution in [2.75, 3.05) is 43.9 Å². The van der Waals surface area contributed by atoms with Gasteiger partial charge in [-0.1, -0.05) is 55.5 Å². The van der Waals surface area contributed by atoms with E-state index in [1.165, 1.54) is 40.0 Å². The first-order valence-electron chi connectivity index (χ1n) is 30.0. The summed E-state index contributed by atoms with van der Waals surface area (Å²) in [5, 5.41) is 65.7. The van der Waals surface area contributed by atoms with Gasteiger partial charge >= 0.3 is 18.0 Å². The maximum absolute atomic E-state index is 13.6. The molecule has 4 fully saturated rings. The number of rotatable bonds is 23. The molecule has 7 atom stereocenters. The van der Waals surface area contributed by atoms with Crippen LogP contribution in [-0.4, -0.2) is 172 Å². The van der Waals surface area contributed by atoms with Gasteiger partial charge in [-0.05, 0) is 102 Å². The number of carboxylic acids is 2. The van der Waals surface area contributed by atoms with Crippen molar-refractivity contribution in [2.24, 2.45) is 16.2 Å². The zero-order valence-corrected chi connectivity index (χ0v) is 51.7. The maximum atomic E-state index is 13.6. The maximum Gasteiger partial charge on any atom is 0.409 e. The largest absolute Gasteiger partial charge is 0.496 e. The molecule has 0 spiro atoms. The number of fused-ring (bicyclic) bond motifs is 3. The van der Waals surface area contributed by atoms with Crippen molar-refractivity contribution in [3.63, 3.8) is 0 Å². The summed E-state index contributed by atoms with van der Waals surface area (Å²) in [5.41, 5.74) is 5.27. The van der Waals surface area contributed by atoms with Gasteiger partial charge in [-0.3, -0.25) is 38.9 Å². The number of aromatic amines is 1. The summed E-state index contributed by atoms with van der Waals surface area (Å²) in [7, 11) is 1.55. The van der Waals surface area contributed by atoms with E-state index < -0.39 is 72.4 Å². The average molecular weight is 1290 g/mol. The molecule has 0 radical (unpaired) electrons. The zero-order valence-electron chi connectivity index (χ0n) is 50.8. The summed E-state index contributed by atoms with van der Waals surface area (Å²) in [5.74, 6) is -4.82. The number of imide groups is 1. The Balaban J connectivity index is 0.676. The number of ether oxygens (including phenoxy) is 4. The molecule has 3 aromatic carbocycles. The highest BCUT2D eigenvalue weighted by Crippen LogP contribution is 2.77. The molecule has 4 bridgehead atoms. The highest BCUT2D eigenvalue weighted by molar-refractivity contribution is 7.22. The first-order chi connectivity index (χ1) is 44.4. The van der Waals surface area contributed by atoms with Crippen LogP contribution in [0.4, 0.5) is 15.6 Å². The Hall–Kier alpha value is -9.87. The van der Waals surface area contributed by atoms with Crippen LogP contribution >= 0.6 is 11.3 Å². The highest BCUT2D eigenvalue weighted by atomic mass is 32.1. The Morgan fingerprint density at radius 3 is 2.35 bits per heavy atom. The Morgan fingerprint density at radius 2 is 1.61 bits per heavy atom. The van der Waals surface area contributed by atoms with E-state index in [-0.39, 0.29) is 85.0 Å². The third-order valence-electron chi connectivity index (χ3n) is 17.9. The van der Waals surface area contributed by atoms with Crippen molar-refractivity contribution in [3.05, 3.63) is 131 Å². The molecule has 7 aromatic rings. The summed E-state index contributed by atoms with van der Waals surface area (Å²) in [6.45, 7) is 6.58. The van der Waals surface area contributed by atoms with Crippen molar-refractivity contribution in [1.29, 1.82) is 0 Å². The fraction of sp³-hybridized carbons (Fsp3) is 0.369. The van der Waals surface area contributed by atoms with Gasteiger partial charge in [0.1, 0.15) is 37.3 Å². The van der Waals surface area contributed by atoms with Crippen LogP contribution < -0.4 is 20.7 Å². The van der Waals surface area contributed by atoms with E-state index in [0.717, 1.165) is 63.4 Å². The Labute approximate surface area is 534 Å². The second-order valence-electron chi connectivity index (χ2n) is 24.8. The van der Waals surface area contributed by atoms with Crippen LogP contribution in [0.3, 0.4) is 0 Å². The number of nitrogens with one attached hydrogen (secondary N) is 4. The summed E-state index contributed by atoms with van der Waals surface area (Å²) in [4.78, 5) is 116. The predicted octanol–water partition coefficient (Wildman–Crippen LogP) is 6.13. The lowest BCUT2D eigenvalue weighted by Gasteiger charge is -2.70. The molecule has 9 N–H and O–H groups in total. The third-order valence-corrected chi connectivity index (χ3v) is 18.8. The lowest BCUT2D eigenvalue weighted by Crippen LogP contribution is -2.61. The van der Waals surface area contributed by atoms with Gasteiger partial charge in [0.2, 0.25) is 18.1 Å². The summed E-state index contributed by atoms with van der Waals surface area (Å²) >= 11 is 1.37. The molecular weight excluding hydrogens is 1220 g/mol. The number of hydrogen-bond donors (Lipinski definition) is 9. The minimum absolute atomic E-state index is 0.0683. The molecule has 93 heavy (non-hydrogen) atoms. The van der Waals surface area contributed by atoms with E-state index in [0.29, 0.717) is 57.3 Å². The number of nitrogens with zero attached hydrogens (tertiary/aromatic N) is 6. The Kier molecular flexibility index (Phi) is 17.0. The minimum Gasteiger partial charge on any atom is -0.496 e. The lowest BCUT2D eigenvalue weighted by molar-refractivity contribution is -0.271. The molecule has 4 aromatic heterocycles. The van der Waals surface area contributed by atoms with E-state index in [4.69, 9.17) is 24.0 Å². The molecular formula is C65H66N10O17S. The van der Waals surface area contributed by atoms with Crippen LogP contribution in [0.5, 0.6) is 5.75 Å². The smallest absolute Gasteiger partial charge is 0.409 e. The second-order valence-corrected chi connectivity index (χ2v) is 25.8. The van der Waals surface area contributed by atoms with Gasteiger partial charge in [-0.2, -0.15) is 5.10 Å². The molecule has 3 saturated carbocycles. The second kappa shape index (κ2) is 25.0. The number of aliphatic hydroxyl groups is 3. The highest BCUT2D eigenvalue weighted by Gasteiger charge is 2.68. The number of aromatic carboxylic acids is 1. The number of thiazole rings is 1. The van der Waals surface area contributed by atoms with Crippen molar-refractivity contribution >= 4 is 90.8 Å². The SMILES string of the molecule is Cc1c(-c2ccc(-c3cc4cccc(C(=O)Nc5nc6ccccc6s5)c4[nH]3)nc2C(=O)O)cnn1CC12CC(OCCN(C)C(=O)OCc3ccc(O[C@@H]4O[C@H](C(=O)O)[C@@H](O)[C@H](O)[C@H]4O)c(NC(=O)CCNC(=O)CCN4C(=O)C=CC4=O)c3)=C3C(C)(C1)CC3(C)C2. The molecule has 6 heterocycles. The molecule has 28 heteroatoms. The van der Waals surface area contributed by atoms with Gasteiger partial charge in [-0.15, -0.1) is 0 Å². The summed E-state index contributed by atoms with van der Waals surface area (Å²) < 4.78 is 26.2. The van der Waals surface area contributed by atoms with Gasteiger partial charge in [0, 0.05) is 80.3 Å². The first kappa shape index (κ1) is 63.3. The standard InChI is InChI=1S/C65H66N10O17S/c1-33-38(36-13-14-39(69-51(36)58(84)85)41-25-35-8-7-9-37(50(35)70-41)57(83)72-61-71-40-10-5-6-11-45(40)93-61)27-67-75(33)32-65-26-44(56-63(2,30-65)29-64(56,3)31-65)89-23-22-73(4)62(88)90-28-34-12-15-43(91-60-54(82)52(80)53(81)55(92-60)59(86)87)42(24-34)68-47(77)18-20-66-46(76)19-21-74-48(78)16-17-49(74)79/h5-17,24-25,27,52-55,60,70,80-82H,18-23,26,28-32H2,1-4H3,(H,66,76)(H,68,77)(H,84,85)(H,86,87)(H,71,72,83)/t52-,53-,54+,55-,60+,63?,64?,65?/m0/s1. The number of carboxylic acid groups (broad SMARTS) is 2. The minimum atomic E-state index is -2.00. The van der Waals surface area contributed by atoms with Crippen LogP contribution in [0.1, 0.15) is 84.5 Å². The number of aromatic nitrogens is 5. The molecule has 14 rings (SSSR count). The quantitative estimate of drug-likeness (QED) is 0.0325. The molecule has 484 valence electrons. The van der Waals surface area contributed by atoms with E-state index in [1.54, 1.807) is 37.5 Å². The number of para-hydroxylation sites is 2. The van der Waals surface area contributed by atoms with Crippen molar-refractivity contribution in [2.45, 2.75) is 103 Å². The molecule has 6 amide bonds. The number of amides is 6. The van der Waals surface area contributed by atoms with E-state index >= 15 is 0 Å². The molecule has 2 aliphatic heterocycles. The van der Waals surface area contributed by atoms with Crippen molar-refractivity contribution in [3.8, 4) is 28.3 Å². The zero-order chi connectivity index (χ0) is 65.8. The fourth-order valence-corrected chi connectivity index (χ4v) is 15.1. The number of benzene rings is 3. The number of likely N-dealkylation sites (N-methyl/N-ethyl adjacent to an activating group) is 1. The van der Waals surface area contributed by atoms with Gasteiger partial charge in [0.15, 0.2) is 16.9 Å². The molecule has 5 aliphatic carbocycles. The van der Waals surface area contributed by atoms with Crippen LogP contribution in [0.2, 0.25) is 0 Å². The van der Waals surface area contributed by atoms with Gasteiger partial charge in [0.05, 0.1) is 56.9 Å². The molecule has 1 saturated heterocycles. The number of aliphatic carboxylic acids is 1. The number of H-pyrrole nitrogens is 1. The van der Waals surface area contributed by atoms with Gasteiger partial charge in [-0.25, -0.2) is 24.4 Å². The van der Waals surface area contributed by atoms with Crippen LogP contribution in [0, 0.1) is 23.2 Å². The summed E-state index contributed by atoms with van der Waals surface area (Å²) in [6.07, 6.45) is -3.73. The predicted molar refractivity (Wildman–Crippen MR) is 333 cm³/mol. The molecule has 2 unspecified atom stereocenters. The molecule has 27 nitrogen and oxygen atoms in total. The topological polar surface area (TPSA) is 377 Å². The van der Waals surface area contributed by atoms with Crippen molar-refractivity contribution in [1.82, 2.24) is 39.8 Å². The Morgan fingerprint density at radius 1 is 0.849 bits per heavy atom. The number of anilines is 2. The lowest BCUT2D eigenvalue weighted by atomic mass is 9.35. The number of hydrogen-bond acceptors (Lipinski definition) is 19. The number of pyridine rings is 1. The van der Waals surface area contributed by atoms with Crippen molar-refractivity contribution < 1.29 is 82.8 Å². The number of allylic oxidation sites excluding steroid dienone is 2. The Bertz CT molecular complexity index is 4220. The number of carbonyl (C=O) groups is 8. The van der Waals surface area contributed by atoms with E-state index in [9.17, 15) is 63.9 Å².